The predicted octanol–water partition coefficient (Wildman–Crippen LogP) is 3.05. The van der Waals surface area contributed by atoms with Gasteiger partial charge in [-0.25, -0.2) is 0 Å². The molecule has 0 unspecified atom stereocenters. The highest BCUT2D eigenvalue weighted by Gasteiger charge is 2.29. The van der Waals surface area contributed by atoms with E-state index in [1.54, 1.807) is 38.1 Å². The molecule has 0 saturated carbocycles. The van der Waals surface area contributed by atoms with E-state index < -0.39 is 10.7 Å². The van der Waals surface area contributed by atoms with Crippen molar-refractivity contribution in [3.05, 3.63) is 35.9 Å². The molecule has 0 atom stereocenters. The molecule has 0 bridgehead atoms. The van der Waals surface area contributed by atoms with Gasteiger partial charge in [0.15, 0.2) is 5.78 Å². The maximum absolute atomic E-state index is 11.8. The number of Topliss-reactive ketones (excluding diaryl/α,β-unsaturated/α-hetero) is 1. The molecular weight excluding hydrogens is 212 g/mol. The number of carbonyl (C=O) groups excluding carboxylic acids is 2. The van der Waals surface area contributed by atoms with Crippen LogP contribution in [0.1, 0.15) is 30.6 Å². The van der Waals surface area contributed by atoms with E-state index in [-0.39, 0.29) is 12.2 Å². The molecule has 0 aliphatic rings. The Kier molecular flexibility index (Phi) is 3.64. The lowest BCUT2D eigenvalue weighted by atomic mass is 9.87. The summed E-state index contributed by atoms with van der Waals surface area (Å²) in [6.07, 6.45) is 0.138. The average Bonchev–Trinajstić information content (AvgIpc) is 2.18. The van der Waals surface area contributed by atoms with Gasteiger partial charge in [-0.05, 0) is 11.6 Å². The first kappa shape index (κ1) is 11.9. The van der Waals surface area contributed by atoms with E-state index in [4.69, 9.17) is 11.6 Å². The van der Waals surface area contributed by atoms with Crippen molar-refractivity contribution in [1.29, 1.82) is 0 Å². The number of halogens is 1. The molecule has 0 fully saturated rings. The number of rotatable bonds is 4. The molecule has 0 aromatic heterocycles. The molecule has 2 nitrogen and oxygen atoms in total. The molecule has 1 aromatic carbocycles. The fourth-order valence-corrected chi connectivity index (χ4v) is 1.26. The molecular formula is C12H13ClO2. The van der Waals surface area contributed by atoms with Crippen LogP contribution in [0.4, 0.5) is 0 Å². The topological polar surface area (TPSA) is 34.1 Å². The van der Waals surface area contributed by atoms with E-state index in [9.17, 15) is 9.59 Å². The number of ketones is 1. The summed E-state index contributed by atoms with van der Waals surface area (Å²) in [4.78, 5) is 22.8. The summed E-state index contributed by atoms with van der Waals surface area (Å²) in [7, 11) is 0. The molecule has 0 N–H and O–H groups in total. The van der Waals surface area contributed by atoms with Gasteiger partial charge in [-0.3, -0.25) is 9.59 Å². The lowest BCUT2D eigenvalue weighted by Gasteiger charge is -2.17. The molecule has 0 aliphatic carbocycles. The Morgan fingerprint density at radius 2 is 1.73 bits per heavy atom. The van der Waals surface area contributed by atoms with Crippen molar-refractivity contribution in [3.63, 3.8) is 0 Å². The van der Waals surface area contributed by atoms with E-state index >= 15 is 0 Å². The van der Waals surface area contributed by atoms with Crippen LogP contribution in [0.2, 0.25) is 0 Å². The summed E-state index contributed by atoms with van der Waals surface area (Å²) in [5.41, 5.74) is -0.183. The highest BCUT2D eigenvalue weighted by molar-refractivity contribution is 6.64. The van der Waals surface area contributed by atoms with Crippen LogP contribution in [0, 0.1) is 5.41 Å². The Bertz CT molecular complexity index is 368. The van der Waals surface area contributed by atoms with Crippen LogP contribution in [-0.2, 0) is 4.79 Å². The Morgan fingerprint density at radius 1 is 1.20 bits per heavy atom. The van der Waals surface area contributed by atoms with E-state index in [2.05, 4.69) is 0 Å². The van der Waals surface area contributed by atoms with E-state index in [0.717, 1.165) is 0 Å². The van der Waals surface area contributed by atoms with Gasteiger partial charge in [0, 0.05) is 17.4 Å². The predicted molar refractivity (Wildman–Crippen MR) is 60.0 cm³/mol. The van der Waals surface area contributed by atoms with E-state index in [1.165, 1.54) is 0 Å². The quantitative estimate of drug-likeness (QED) is 0.582. The van der Waals surface area contributed by atoms with Crippen LogP contribution in [0.25, 0.3) is 0 Å². The van der Waals surface area contributed by atoms with E-state index in [1.807, 2.05) is 6.07 Å². The highest BCUT2D eigenvalue weighted by atomic mass is 35.5. The lowest BCUT2D eigenvalue weighted by Crippen LogP contribution is -2.23. The summed E-state index contributed by atoms with van der Waals surface area (Å²) in [5.74, 6) is -0.0606. The number of carbonyl (C=O) groups is 2. The molecule has 0 amide bonds. The first-order valence-corrected chi connectivity index (χ1v) is 5.09. The molecule has 0 saturated heterocycles. The molecule has 80 valence electrons. The van der Waals surface area contributed by atoms with Crippen molar-refractivity contribution < 1.29 is 9.59 Å². The second-order valence-corrected chi connectivity index (χ2v) is 4.47. The van der Waals surface area contributed by atoms with Crippen LogP contribution in [0.5, 0.6) is 0 Å². The first-order chi connectivity index (χ1) is 6.93. The monoisotopic (exact) mass is 224 g/mol. The Hall–Kier alpha value is -1.15. The summed E-state index contributed by atoms with van der Waals surface area (Å²) < 4.78 is 0. The van der Waals surface area contributed by atoms with Crippen molar-refractivity contribution in [3.8, 4) is 0 Å². The summed E-state index contributed by atoms with van der Waals surface area (Å²) >= 11 is 5.41. The standard InChI is InChI=1S/C12H13ClO2/c1-12(2,11(13)15)8-10(14)9-6-4-3-5-7-9/h3-7H,8H2,1-2H3. The number of hydrogen-bond acceptors (Lipinski definition) is 2. The molecule has 0 aliphatic heterocycles. The zero-order chi connectivity index (χ0) is 11.5. The average molecular weight is 225 g/mol. The molecule has 3 heteroatoms. The lowest BCUT2D eigenvalue weighted by molar-refractivity contribution is -0.118. The van der Waals surface area contributed by atoms with Crippen molar-refractivity contribution in [2.75, 3.05) is 0 Å². The van der Waals surface area contributed by atoms with E-state index in [0.29, 0.717) is 5.56 Å². The van der Waals surface area contributed by atoms with Gasteiger partial charge >= 0.3 is 0 Å². The highest BCUT2D eigenvalue weighted by Crippen LogP contribution is 2.25. The fourth-order valence-electron chi connectivity index (χ4n) is 1.20. The SMILES string of the molecule is CC(C)(CC(=O)c1ccccc1)C(=O)Cl. The van der Waals surface area contributed by atoms with Gasteiger partial charge in [-0.1, -0.05) is 44.2 Å². The minimum atomic E-state index is -0.797. The third-order valence-corrected chi connectivity index (χ3v) is 2.74. The second-order valence-electron chi connectivity index (χ2n) is 4.12. The smallest absolute Gasteiger partial charge is 0.227 e. The molecule has 1 aromatic rings. The summed E-state index contributed by atoms with van der Waals surface area (Å²) in [5, 5.41) is -0.480. The Balaban J connectivity index is 2.77. The zero-order valence-corrected chi connectivity index (χ0v) is 9.54. The minimum Gasteiger partial charge on any atom is -0.294 e. The zero-order valence-electron chi connectivity index (χ0n) is 8.79. The van der Waals surface area contributed by atoms with Crippen LogP contribution in [0.3, 0.4) is 0 Å². The maximum Gasteiger partial charge on any atom is 0.227 e. The van der Waals surface area contributed by atoms with Gasteiger partial charge in [0.05, 0.1) is 0 Å². The first-order valence-electron chi connectivity index (χ1n) is 4.72. The van der Waals surface area contributed by atoms with Crippen molar-refractivity contribution in [2.45, 2.75) is 20.3 Å². The molecule has 0 radical (unpaired) electrons. The van der Waals surface area contributed by atoms with Crippen molar-refractivity contribution >= 4 is 22.6 Å². The number of benzene rings is 1. The third kappa shape index (κ3) is 3.17. The van der Waals surface area contributed by atoms with Crippen LogP contribution < -0.4 is 0 Å². The van der Waals surface area contributed by atoms with Crippen LogP contribution >= 0.6 is 11.6 Å². The Labute approximate surface area is 94.2 Å². The second kappa shape index (κ2) is 4.58. The number of hydrogen-bond donors (Lipinski definition) is 0. The summed E-state index contributed by atoms with van der Waals surface area (Å²) in [6, 6.07) is 8.90. The maximum atomic E-state index is 11.8. The van der Waals surface area contributed by atoms with Gasteiger partial charge in [0.25, 0.3) is 0 Å². The van der Waals surface area contributed by atoms with Gasteiger partial charge in [-0.2, -0.15) is 0 Å². The minimum absolute atomic E-state index is 0.0606. The fraction of sp³-hybridized carbons (Fsp3) is 0.333. The molecule has 0 heterocycles. The normalized spacial score (nSPS) is 11.1. The van der Waals surface area contributed by atoms with Crippen molar-refractivity contribution in [1.82, 2.24) is 0 Å². The molecule has 15 heavy (non-hydrogen) atoms. The van der Waals surface area contributed by atoms with Gasteiger partial charge in [0.2, 0.25) is 5.24 Å². The van der Waals surface area contributed by atoms with Gasteiger partial charge in [0.1, 0.15) is 0 Å². The van der Waals surface area contributed by atoms with Crippen molar-refractivity contribution in [2.24, 2.45) is 5.41 Å². The molecule has 0 spiro atoms. The Morgan fingerprint density at radius 3 is 2.20 bits per heavy atom. The molecule has 1 rings (SSSR count). The van der Waals surface area contributed by atoms with Crippen LogP contribution in [0.15, 0.2) is 30.3 Å². The van der Waals surface area contributed by atoms with Crippen LogP contribution in [-0.4, -0.2) is 11.0 Å². The third-order valence-electron chi connectivity index (χ3n) is 2.23. The van der Waals surface area contributed by atoms with Gasteiger partial charge in [-0.15, -0.1) is 0 Å². The largest absolute Gasteiger partial charge is 0.294 e. The summed E-state index contributed by atoms with van der Waals surface area (Å²) in [6.45, 7) is 3.34. The van der Waals surface area contributed by atoms with Gasteiger partial charge < -0.3 is 0 Å².